The maximum atomic E-state index is 13.1. The van der Waals surface area contributed by atoms with Crippen molar-refractivity contribution in [2.45, 2.75) is 294 Å². The summed E-state index contributed by atoms with van der Waals surface area (Å²) in [5, 5.41) is 54.6. The highest BCUT2D eigenvalue weighted by atomic mass is 16.7. The number of ether oxygens (including phenoxy) is 2. The number of carbonyl (C=O) groups excluding carboxylic acids is 1. The predicted octanol–water partition coefficient (Wildman–Crippen LogP) is 13.3. The maximum Gasteiger partial charge on any atom is 0.220 e. The van der Waals surface area contributed by atoms with Gasteiger partial charge in [-0.1, -0.05) is 242 Å². The van der Waals surface area contributed by atoms with Crippen LogP contribution < -0.4 is 5.32 Å². The van der Waals surface area contributed by atoms with Gasteiger partial charge in [-0.3, -0.25) is 4.79 Å². The number of hydrogen-bond donors (Lipinski definition) is 6. The minimum absolute atomic E-state index is 0.136. The minimum atomic E-state index is -1.55. The zero-order chi connectivity index (χ0) is 48.0. The fourth-order valence-electron chi connectivity index (χ4n) is 8.80. The average molecular weight is 932 g/mol. The van der Waals surface area contributed by atoms with Crippen molar-refractivity contribution in [3.8, 4) is 0 Å². The second-order valence-electron chi connectivity index (χ2n) is 19.4. The van der Waals surface area contributed by atoms with E-state index >= 15 is 0 Å². The van der Waals surface area contributed by atoms with Gasteiger partial charge in [-0.05, 0) is 51.4 Å². The second kappa shape index (κ2) is 46.9. The molecular weight excluding hydrogens is 827 g/mol. The number of carbonyl (C=O) groups is 1. The fourth-order valence-corrected chi connectivity index (χ4v) is 8.80. The summed E-state index contributed by atoms with van der Waals surface area (Å²) in [5.74, 6) is -0.143. The molecule has 1 rings (SSSR count). The first kappa shape index (κ1) is 62.2. The zero-order valence-electron chi connectivity index (χ0n) is 42.7. The Labute approximate surface area is 405 Å². The highest BCUT2D eigenvalue weighted by Gasteiger charge is 2.44. The summed E-state index contributed by atoms with van der Waals surface area (Å²) in [6, 6.07) is -0.718. The van der Waals surface area contributed by atoms with E-state index in [0.717, 1.165) is 64.2 Å². The van der Waals surface area contributed by atoms with Gasteiger partial charge in [0.1, 0.15) is 24.4 Å². The Balaban J connectivity index is 2.16. The molecule has 7 atom stereocenters. The fraction of sp³-hybridized carbons (Fsp3) is 0.842. The van der Waals surface area contributed by atoms with Gasteiger partial charge in [0.15, 0.2) is 6.29 Å². The monoisotopic (exact) mass is 932 g/mol. The number of unbranched alkanes of at least 4 members (excludes halogenated alkanes) is 29. The first-order valence-corrected chi connectivity index (χ1v) is 27.8. The topological polar surface area (TPSA) is 149 Å². The molecule has 0 aliphatic carbocycles. The standard InChI is InChI=1S/C57H105NO8/c1-3-5-7-9-11-13-15-17-19-20-21-22-23-24-25-26-27-28-29-30-31-32-33-35-37-39-41-43-45-47-53(61)58-50(49-65-57-56(64)55(63)54(62)52(48-59)66-57)51(60)46-44-42-40-38-36-34-18-16-14-12-10-8-6-4-2/h5,7,11,13,17,19,21-22,50-52,54-57,59-60,62-64H,3-4,6,8-10,12,14-16,18,20,23-49H2,1-2H3,(H,58,61)/b7-5-,13-11-,19-17-,22-21-. The van der Waals surface area contributed by atoms with E-state index in [9.17, 15) is 30.3 Å². The Bertz CT molecular complexity index is 1170. The van der Waals surface area contributed by atoms with Crippen molar-refractivity contribution in [1.29, 1.82) is 0 Å². The molecule has 7 unspecified atom stereocenters. The van der Waals surface area contributed by atoms with Crippen molar-refractivity contribution < 1.29 is 39.8 Å². The lowest BCUT2D eigenvalue weighted by atomic mass is 9.99. The van der Waals surface area contributed by atoms with Crippen molar-refractivity contribution in [2.75, 3.05) is 13.2 Å². The summed E-state index contributed by atoms with van der Waals surface area (Å²) in [6.45, 7) is 3.74. The number of nitrogens with one attached hydrogen (secondary N) is 1. The lowest BCUT2D eigenvalue weighted by molar-refractivity contribution is -0.302. The number of aliphatic hydroxyl groups is 5. The molecule has 0 aromatic carbocycles. The van der Waals surface area contributed by atoms with Crippen molar-refractivity contribution in [1.82, 2.24) is 5.32 Å². The van der Waals surface area contributed by atoms with Crippen LogP contribution >= 0.6 is 0 Å². The third-order valence-corrected chi connectivity index (χ3v) is 13.2. The van der Waals surface area contributed by atoms with E-state index in [0.29, 0.717) is 12.8 Å². The Kier molecular flexibility index (Phi) is 44.1. The summed E-state index contributed by atoms with van der Waals surface area (Å²) in [5.41, 5.74) is 0. The van der Waals surface area contributed by atoms with E-state index in [2.05, 4.69) is 67.8 Å². The Hall–Kier alpha value is -1.85. The molecule has 1 fully saturated rings. The highest BCUT2D eigenvalue weighted by molar-refractivity contribution is 5.76. The Morgan fingerprint density at radius 3 is 1.39 bits per heavy atom. The van der Waals surface area contributed by atoms with Gasteiger partial charge in [0.2, 0.25) is 5.91 Å². The van der Waals surface area contributed by atoms with E-state index in [1.165, 1.54) is 161 Å². The summed E-state index contributed by atoms with van der Waals surface area (Å²) < 4.78 is 11.3. The molecule has 9 nitrogen and oxygen atoms in total. The quantitative estimate of drug-likeness (QED) is 0.0261. The number of aliphatic hydroxyl groups excluding tert-OH is 5. The summed E-state index contributed by atoms with van der Waals surface area (Å²) in [4.78, 5) is 13.1. The Morgan fingerprint density at radius 1 is 0.530 bits per heavy atom. The van der Waals surface area contributed by atoms with Crippen molar-refractivity contribution in [3.05, 3.63) is 48.6 Å². The molecule has 386 valence electrons. The second-order valence-corrected chi connectivity index (χ2v) is 19.4. The van der Waals surface area contributed by atoms with Crippen molar-refractivity contribution >= 4 is 5.91 Å². The van der Waals surface area contributed by atoms with E-state index in [1.807, 2.05) is 0 Å². The third-order valence-electron chi connectivity index (χ3n) is 13.2. The van der Waals surface area contributed by atoms with E-state index in [4.69, 9.17) is 9.47 Å². The molecule has 0 aromatic rings. The first-order valence-electron chi connectivity index (χ1n) is 27.8. The lowest BCUT2D eigenvalue weighted by Crippen LogP contribution is -2.60. The minimum Gasteiger partial charge on any atom is -0.394 e. The molecule has 6 N–H and O–H groups in total. The molecule has 9 heteroatoms. The normalized spacial score (nSPS) is 20.1. The number of hydrogen-bond acceptors (Lipinski definition) is 8. The van der Waals surface area contributed by atoms with Crippen molar-refractivity contribution in [2.24, 2.45) is 0 Å². The van der Waals surface area contributed by atoms with Crippen LogP contribution in [0.2, 0.25) is 0 Å². The molecule has 0 radical (unpaired) electrons. The van der Waals surface area contributed by atoms with Crippen molar-refractivity contribution in [3.63, 3.8) is 0 Å². The smallest absolute Gasteiger partial charge is 0.220 e. The molecule has 1 heterocycles. The number of amides is 1. The van der Waals surface area contributed by atoms with E-state index < -0.39 is 49.5 Å². The van der Waals surface area contributed by atoms with Crippen LogP contribution in [0, 0.1) is 0 Å². The van der Waals surface area contributed by atoms with Crippen LogP contribution in [0.4, 0.5) is 0 Å². The van der Waals surface area contributed by atoms with Gasteiger partial charge in [0.05, 0.1) is 25.4 Å². The number of rotatable bonds is 47. The zero-order valence-corrected chi connectivity index (χ0v) is 42.7. The first-order chi connectivity index (χ1) is 32.3. The molecule has 1 saturated heterocycles. The van der Waals surface area contributed by atoms with Crippen LogP contribution in [0.15, 0.2) is 48.6 Å². The maximum absolute atomic E-state index is 13.1. The summed E-state index contributed by atoms with van der Waals surface area (Å²) >= 11 is 0. The summed E-state index contributed by atoms with van der Waals surface area (Å²) in [7, 11) is 0. The van der Waals surface area contributed by atoms with Crippen LogP contribution in [-0.2, 0) is 14.3 Å². The summed E-state index contributed by atoms with van der Waals surface area (Å²) in [6.07, 6.45) is 54.2. The molecule has 0 aromatic heterocycles. The molecule has 1 aliphatic heterocycles. The van der Waals surface area contributed by atoms with Crippen LogP contribution in [0.5, 0.6) is 0 Å². The van der Waals surface area contributed by atoms with Crippen LogP contribution in [0.3, 0.4) is 0 Å². The van der Waals surface area contributed by atoms with Gasteiger partial charge in [-0.2, -0.15) is 0 Å². The van der Waals surface area contributed by atoms with Crippen LogP contribution in [0.25, 0.3) is 0 Å². The largest absolute Gasteiger partial charge is 0.394 e. The number of allylic oxidation sites excluding steroid dienone is 8. The molecule has 0 bridgehead atoms. The van der Waals surface area contributed by atoms with Gasteiger partial charge >= 0.3 is 0 Å². The van der Waals surface area contributed by atoms with Gasteiger partial charge in [0, 0.05) is 6.42 Å². The van der Waals surface area contributed by atoms with E-state index in [1.54, 1.807) is 0 Å². The van der Waals surface area contributed by atoms with Crippen LogP contribution in [-0.4, -0.2) is 87.5 Å². The molecular formula is C57H105NO8. The van der Waals surface area contributed by atoms with E-state index in [-0.39, 0.29) is 12.5 Å². The lowest BCUT2D eigenvalue weighted by Gasteiger charge is -2.40. The van der Waals surface area contributed by atoms with Gasteiger partial charge in [0.25, 0.3) is 0 Å². The molecule has 0 saturated carbocycles. The average Bonchev–Trinajstić information content (AvgIpc) is 3.32. The van der Waals surface area contributed by atoms with Gasteiger partial charge < -0.3 is 40.3 Å². The Morgan fingerprint density at radius 2 is 0.939 bits per heavy atom. The molecule has 0 spiro atoms. The highest BCUT2D eigenvalue weighted by Crippen LogP contribution is 2.23. The van der Waals surface area contributed by atoms with Crippen LogP contribution in [0.1, 0.15) is 251 Å². The van der Waals surface area contributed by atoms with Gasteiger partial charge in [-0.15, -0.1) is 0 Å². The molecule has 1 aliphatic rings. The molecule has 1 amide bonds. The van der Waals surface area contributed by atoms with Gasteiger partial charge in [-0.25, -0.2) is 0 Å². The predicted molar refractivity (Wildman–Crippen MR) is 276 cm³/mol. The SMILES string of the molecule is CC/C=C\C/C=C\C/C=C\C/C=C\CCCCCCCCCCCCCCCCCCC(=O)NC(COC1OC(CO)C(O)C(O)C1O)C(O)CCCCCCCCCCCCCCCC. The molecule has 66 heavy (non-hydrogen) atoms. The third kappa shape index (κ3) is 36.2.